The van der Waals surface area contributed by atoms with Crippen molar-refractivity contribution in [3.8, 4) is 0 Å². The summed E-state index contributed by atoms with van der Waals surface area (Å²) in [7, 11) is 0. The summed E-state index contributed by atoms with van der Waals surface area (Å²) >= 11 is 0. The number of anilines is 1. The summed E-state index contributed by atoms with van der Waals surface area (Å²) in [5.74, 6) is -0.494. The van der Waals surface area contributed by atoms with E-state index in [1.807, 2.05) is 13.8 Å². The van der Waals surface area contributed by atoms with Crippen molar-refractivity contribution < 1.29 is 9.90 Å². The zero-order valence-corrected chi connectivity index (χ0v) is 12.5. The first-order valence-electron chi connectivity index (χ1n) is 7.40. The minimum atomic E-state index is -0.921. The second-order valence-corrected chi connectivity index (χ2v) is 5.75. The lowest BCUT2D eigenvalue weighted by Gasteiger charge is -2.27. The van der Waals surface area contributed by atoms with Crippen LogP contribution in [0.3, 0.4) is 0 Å². The first-order chi connectivity index (χ1) is 9.50. The fourth-order valence-corrected chi connectivity index (χ4v) is 3.06. The summed E-state index contributed by atoms with van der Waals surface area (Å²) in [5, 5.41) is 21.2. The van der Waals surface area contributed by atoms with Crippen molar-refractivity contribution in [2.24, 2.45) is 0 Å². The van der Waals surface area contributed by atoms with Gasteiger partial charge in [0.15, 0.2) is 5.82 Å². The molecule has 20 heavy (non-hydrogen) atoms. The van der Waals surface area contributed by atoms with Crippen LogP contribution in [0, 0.1) is 0 Å². The van der Waals surface area contributed by atoms with Crippen LogP contribution in [-0.2, 0) is 12.8 Å². The Morgan fingerprint density at radius 3 is 2.40 bits per heavy atom. The van der Waals surface area contributed by atoms with Gasteiger partial charge in [0.2, 0.25) is 0 Å². The third-order valence-electron chi connectivity index (χ3n) is 4.19. The van der Waals surface area contributed by atoms with Gasteiger partial charge in [0, 0.05) is 5.54 Å². The van der Waals surface area contributed by atoms with E-state index in [0.29, 0.717) is 24.2 Å². The first kappa shape index (κ1) is 14.8. The standard InChI is InChI=1S/C15H23N3O2/c1-4-10-11(5-2)17-18-13(12(10)14(19)20)16-15(3)8-6-7-9-15/h4-9H2,1-3H3,(H,16,18)(H,19,20). The lowest BCUT2D eigenvalue weighted by Crippen LogP contribution is -2.33. The molecule has 0 bridgehead atoms. The maximum Gasteiger partial charge on any atom is 0.339 e. The molecular formula is C15H23N3O2. The lowest BCUT2D eigenvalue weighted by atomic mass is 9.98. The van der Waals surface area contributed by atoms with Crippen molar-refractivity contribution in [3.63, 3.8) is 0 Å². The van der Waals surface area contributed by atoms with Crippen LogP contribution in [0.2, 0.25) is 0 Å². The van der Waals surface area contributed by atoms with Gasteiger partial charge in [0.25, 0.3) is 0 Å². The number of aryl methyl sites for hydroxylation is 1. The molecule has 5 nitrogen and oxygen atoms in total. The molecule has 0 atom stereocenters. The molecule has 0 saturated heterocycles. The molecule has 0 aliphatic heterocycles. The number of carboxylic acids is 1. The van der Waals surface area contributed by atoms with Gasteiger partial charge < -0.3 is 10.4 Å². The van der Waals surface area contributed by atoms with Crippen molar-refractivity contribution in [1.29, 1.82) is 0 Å². The van der Waals surface area contributed by atoms with Crippen molar-refractivity contribution >= 4 is 11.8 Å². The Kier molecular flexibility index (Phi) is 4.26. The van der Waals surface area contributed by atoms with Crippen LogP contribution in [0.1, 0.15) is 68.1 Å². The molecule has 1 aromatic rings. The molecule has 0 unspecified atom stereocenters. The molecule has 1 saturated carbocycles. The molecule has 0 spiro atoms. The van der Waals surface area contributed by atoms with Gasteiger partial charge in [-0.05, 0) is 38.2 Å². The summed E-state index contributed by atoms with van der Waals surface area (Å²) in [6.45, 7) is 6.07. The van der Waals surface area contributed by atoms with E-state index in [0.717, 1.165) is 24.1 Å². The number of aromatic carboxylic acids is 1. The molecule has 110 valence electrons. The molecule has 2 rings (SSSR count). The molecule has 1 aromatic heterocycles. The van der Waals surface area contributed by atoms with Crippen LogP contribution in [0.4, 0.5) is 5.82 Å². The number of nitrogens with zero attached hydrogens (tertiary/aromatic N) is 2. The van der Waals surface area contributed by atoms with E-state index in [4.69, 9.17) is 0 Å². The number of hydrogen-bond donors (Lipinski definition) is 2. The highest BCUT2D eigenvalue weighted by molar-refractivity contribution is 5.95. The van der Waals surface area contributed by atoms with E-state index in [9.17, 15) is 9.90 Å². The highest BCUT2D eigenvalue weighted by Gasteiger charge is 2.31. The van der Waals surface area contributed by atoms with Gasteiger partial charge in [0.05, 0.1) is 5.69 Å². The topological polar surface area (TPSA) is 75.1 Å². The summed E-state index contributed by atoms with van der Waals surface area (Å²) in [5.41, 5.74) is 1.83. The Balaban J connectivity index is 2.44. The molecule has 1 heterocycles. The number of nitrogens with one attached hydrogen (secondary N) is 1. The summed E-state index contributed by atoms with van der Waals surface area (Å²) < 4.78 is 0. The van der Waals surface area contributed by atoms with Crippen molar-refractivity contribution in [1.82, 2.24) is 10.2 Å². The average Bonchev–Trinajstić information content (AvgIpc) is 2.84. The quantitative estimate of drug-likeness (QED) is 0.865. The van der Waals surface area contributed by atoms with Gasteiger partial charge in [-0.3, -0.25) is 0 Å². The second kappa shape index (κ2) is 5.77. The highest BCUT2D eigenvalue weighted by Crippen LogP contribution is 2.33. The zero-order valence-electron chi connectivity index (χ0n) is 12.5. The van der Waals surface area contributed by atoms with Gasteiger partial charge >= 0.3 is 5.97 Å². The summed E-state index contributed by atoms with van der Waals surface area (Å²) in [6.07, 6.45) is 5.80. The zero-order chi connectivity index (χ0) is 14.8. The second-order valence-electron chi connectivity index (χ2n) is 5.75. The van der Waals surface area contributed by atoms with Gasteiger partial charge in [-0.2, -0.15) is 5.10 Å². The number of aromatic nitrogens is 2. The fraction of sp³-hybridized carbons (Fsp3) is 0.667. The van der Waals surface area contributed by atoms with E-state index in [1.165, 1.54) is 12.8 Å². The Hall–Kier alpha value is -1.65. The van der Waals surface area contributed by atoms with Crippen LogP contribution in [0.5, 0.6) is 0 Å². The third-order valence-corrected chi connectivity index (χ3v) is 4.19. The van der Waals surface area contributed by atoms with Gasteiger partial charge in [-0.15, -0.1) is 5.10 Å². The normalized spacial score (nSPS) is 17.1. The maximum absolute atomic E-state index is 11.6. The van der Waals surface area contributed by atoms with E-state index >= 15 is 0 Å². The predicted molar refractivity (Wildman–Crippen MR) is 78.2 cm³/mol. The molecule has 0 aromatic carbocycles. The van der Waals surface area contributed by atoms with E-state index in [-0.39, 0.29) is 5.54 Å². The molecule has 1 aliphatic carbocycles. The van der Waals surface area contributed by atoms with Gasteiger partial charge in [-0.1, -0.05) is 26.7 Å². The lowest BCUT2D eigenvalue weighted by molar-refractivity contribution is 0.0696. The van der Waals surface area contributed by atoms with Crippen molar-refractivity contribution in [3.05, 3.63) is 16.8 Å². The van der Waals surface area contributed by atoms with Crippen LogP contribution in [-0.4, -0.2) is 26.8 Å². The van der Waals surface area contributed by atoms with Crippen LogP contribution in [0.25, 0.3) is 0 Å². The predicted octanol–water partition coefficient (Wildman–Crippen LogP) is 3.04. The van der Waals surface area contributed by atoms with Crippen molar-refractivity contribution in [2.45, 2.75) is 64.8 Å². The molecule has 1 fully saturated rings. The largest absolute Gasteiger partial charge is 0.478 e. The molecule has 0 radical (unpaired) electrons. The number of hydrogen-bond acceptors (Lipinski definition) is 4. The SMILES string of the molecule is CCc1nnc(NC2(C)CCCC2)c(C(=O)O)c1CC. The van der Waals surface area contributed by atoms with Gasteiger partial charge in [-0.25, -0.2) is 4.79 Å². The van der Waals surface area contributed by atoms with Crippen molar-refractivity contribution in [2.75, 3.05) is 5.32 Å². The molecule has 0 amide bonds. The first-order valence-corrected chi connectivity index (χ1v) is 7.40. The smallest absolute Gasteiger partial charge is 0.339 e. The maximum atomic E-state index is 11.6. The van der Waals surface area contributed by atoms with Crippen LogP contribution < -0.4 is 5.32 Å². The van der Waals surface area contributed by atoms with E-state index in [2.05, 4.69) is 22.4 Å². The number of carbonyl (C=O) groups is 1. The summed E-state index contributed by atoms with van der Waals surface area (Å²) in [4.78, 5) is 11.6. The minimum absolute atomic E-state index is 0.0579. The van der Waals surface area contributed by atoms with Crippen LogP contribution >= 0.6 is 0 Å². The Morgan fingerprint density at radius 1 is 1.25 bits per heavy atom. The number of carboxylic acid groups (broad SMARTS) is 1. The Labute approximate surface area is 119 Å². The van der Waals surface area contributed by atoms with E-state index < -0.39 is 5.97 Å². The van der Waals surface area contributed by atoms with E-state index in [1.54, 1.807) is 0 Å². The molecule has 1 aliphatic rings. The minimum Gasteiger partial charge on any atom is -0.478 e. The highest BCUT2D eigenvalue weighted by atomic mass is 16.4. The summed E-state index contributed by atoms with van der Waals surface area (Å²) in [6, 6.07) is 0. The van der Waals surface area contributed by atoms with Crippen LogP contribution in [0.15, 0.2) is 0 Å². The fourth-order valence-electron chi connectivity index (χ4n) is 3.06. The Bertz CT molecular complexity index is 508. The average molecular weight is 277 g/mol. The monoisotopic (exact) mass is 277 g/mol. The Morgan fingerprint density at radius 2 is 1.90 bits per heavy atom. The molecule has 5 heteroatoms. The molecular weight excluding hydrogens is 254 g/mol. The van der Waals surface area contributed by atoms with Gasteiger partial charge in [0.1, 0.15) is 5.56 Å². The molecule has 2 N–H and O–H groups in total. The number of rotatable bonds is 5. The third kappa shape index (κ3) is 2.76.